The summed E-state index contributed by atoms with van der Waals surface area (Å²) in [6, 6.07) is -0.769. The van der Waals surface area contributed by atoms with Crippen molar-refractivity contribution < 1.29 is 38.9 Å². The largest absolute Gasteiger partial charge is 0.473 e. The van der Waals surface area contributed by atoms with E-state index in [1.54, 1.807) is 0 Å². The van der Waals surface area contributed by atoms with Crippen LogP contribution in [0.1, 0.15) is 40.5 Å². The van der Waals surface area contributed by atoms with Gasteiger partial charge < -0.3 is 41.8 Å². The second-order valence-corrected chi connectivity index (χ2v) is 9.92. The van der Waals surface area contributed by atoms with E-state index in [0.717, 1.165) is 78.5 Å². The molecule has 0 aromatic rings. The van der Waals surface area contributed by atoms with Crippen LogP contribution in [-0.2, 0) is 28.7 Å². The van der Waals surface area contributed by atoms with Gasteiger partial charge in [-0.1, -0.05) is 40.5 Å². The summed E-state index contributed by atoms with van der Waals surface area (Å²) in [5.74, 6) is -3.25. The van der Waals surface area contributed by atoms with Crippen molar-refractivity contribution in [2.75, 3.05) is 78.8 Å². The third-order valence-corrected chi connectivity index (χ3v) is 6.96. The first-order valence-corrected chi connectivity index (χ1v) is 14.1. The van der Waals surface area contributed by atoms with E-state index in [2.05, 4.69) is 20.4 Å². The summed E-state index contributed by atoms with van der Waals surface area (Å²) in [5, 5.41) is 20.6. The zero-order valence-electron chi connectivity index (χ0n) is 24.6. The first-order valence-electron chi connectivity index (χ1n) is 14.1. The summed E-state index contributed by atoms with van der Waals surface area (Å²) in [7, 11) is 0. The van der Waals surface area contributed by atoms with E-state index in [9.17, 15) is 9.59 Å². The fourth-order valence-corrected chi connectivity index (χ4v) is 3.58. The molecule has 234 valence electrons. The molecule has 0 unspecified atom stereocenters. The van der Waals surface area contributed by atoms with Crippen LogP contribution in [0.15, 0.2) is 0 Å². The maximum atomic E-state index is 11.7. The Hall–Kier alpha value is -2.36. The van der Waals surface area contributed by atoms with Gasteiger partial charge >= 0.3 is 11.9 Å². The van der Waals surface area contributed by atoms with Gasteiger partial charge in [0.1, 0.15) is 0 Å². The normalized spacial score (nSPS) is 18.9. The highest BCUT2D eigenvalue weighted by atomic mass is 16.5. The monoisotopic (exact) mass is 576 g/mol. The van der Waals surface area contributed by atoms with E-state index in [4.69, 9.17) is 40.7 Å². The number of carboxylic acids is 2. The molecular weight excluding hydrogens is 524 g/mol. The van der Waals surface area contributed by atoms with Crippen LogP contribution in [0, 0.1) is 11.8 Å². The number of nitrogens with one attached hydrogen (secondary N) is 2. The summed E-state index contributed by atoms with van der Waals surface area (Å²) < 4.78 is 10.5. The Morgan fingerprint density at radius 2 is 1.00 bits per heavy atom. The SMILES string of the molecule is CC[C@H](C)[C@H](N)C(=O)NCCN1CCOCC1.CC[C@H](C)[C@H](N)C(=O)NCCN1CCOCC1.O=C(O)C(=O)O. The van der Waals surface area contributed by atoms with Gasteiger partial charge in [-0.15, -0.1) is 0 Å². The molecule has 2 amide bonds. The van der Waals surface area contributed by atoms with Gasteiger partial charge in [0.25, 0.3) is 0 Å². The number of nitrogens with two attached hydrogens (primary N) is 2. The van der Waals surface area contributed by atoms with Crippen LogP contribution >= 0.6 is 0 Å². The third-order valence-electron chi connectivity index (χ3n) is 6.96. The number of hydrogen-bond acceptors (Lipinski definition) is 10. The summed E-state index contributed by atoms with van der Waals surface area (Å²) in [4.78, 5) is 46.2. The molecule has 14 nitrogen and oxygen atoms in total. The molecule has 2 aliphatic rings. The highest BCUT2D eigenvalue weighted by molar-refractivity contribution is 6.27. The Morgan fingerprint density at radius 1 is 0.700 bits per heavy atom. The standard InChI is InChI=1S/2C12H25N3O2.C2H2O4/c2*1-3-10(2)11(13)12(16)14-4-5-15-6-8-17-9-7-15;3-1(4)2(5)6/h2*10-11H,3-9,13H2,1-2H3,(H,14,16);(H,3,4)(H,5,6)/t2*10-,11-;/m00./s1. The molecule has 0 saturated carbocycles. The molecular formula is C26H52N6O8. The molecule has 4 atom stereocenters. The van der Waals surface area contributed by atoms with Crippen LogP contribution in [-0.4, -0.2) is 135 Å². The Kier molecular flexibility index (Phi) is 21.0. The van der Waals surface area contributed by atoms with Gasteiger partial charge in [0.2, 0.25) is 11.8 Å². The summed E-state index contributed by atoms with van der Waals surface area (Å²) in [6.45, 7) is 18.2. The average molecular weight is 577 g/mol. The minimum absolute atomic E-state index is 0.0346. The zero-order chi connectivity index (χ0) is 30.5. The zero-order valence-corrected chi connectivity index (χ0v) is 24.6. The first kappa shape index (κ1) is 37.6. The predicted octanol–water partition coefficient (Wildman–Crippen LogP) is -1.23. The van der Waals surface area contributed by atoms with Gasteiger partial charge in [-0.3, -0.25) is 19.4 Å². The van der Waals surface area contributed by atoms with E-state index in [0.29, 0.717) is 13.1 Å². The van der Waals surface area contributed by atoms with Crippen molar-refractivity contribution in [3.8, 4) is 0 Å². The second-order valence-electron chi connectivity index (χ2n) is 9.92. The van der Waals surface area contributed by atoms with Gasteiger partial charge in [-0.05, 0) is 11.8 Å². The lowest BCUT2D eigenvalue weighted by molar-refractivity contribution is -0.159. The van der Waals surface area contributed by atoms with Crippen molar-refractivity contribution in [3.05, 3.63) is 0 Å². The number of carboxylic acid groups (broad SMARTS) is 2. The molecule has 0 aromatic carbocycles. The van der Waals surface area contributed by atoms with Crippen molar-refractivity contribution in [3.63, 3.8) is 0 Å². The second kappa shape index (κ2) is 22.3. The maximum absolute atomic E-state index is 11.7. The fourth-order valence-electron chi connectivity index (χ4n) is 3.58. The minimum Gasteiger partial charge on any atom is -0.473 e. The van der Waals surface area contributed by atoms with Gasteiger partial charge in [0, 0.05) is 52.4 Å². The molecule has 8 N–H and O–H groups in total. The molecule has 0 aliphatic carbocycles. The topological polar surface area (TPSA) is 210 Å². The molecule has 14 heteroatoms. The van der Waals surface area contributed by atoms with Gasteiger partial charge in [0.15, 0.2) is 0 Å². The van der Waals surface area contributed by atoms with Crippen molar-refractivity contribution >= 4 is 23.8 Å². The van der Waals surface area contributed by atoms with Crippen molar-refractivity contribution in [1.82, 2.24) is 20.4 Å². The molecule has 2 saturated heterocycles. The smallest absolute Gasteiger partial charge is 0.414 e. The van der Waals surface area contributed by atoms with Crippen LogP contribution < -0.4 is 22.1 Å². The van der Waals surface area contributed by atoms with E-state index >= 15 is 0 Å². The molecule has 2 fully saturated rings. The van der Waals surface area contributed by atoms with Gasteiger partial charge in [-0.2, -0.15) is 0 Å². The van der Waals surface area contributed by atoms with Gasteiger partial charge in [-0.25, -0.2) is 9.59 Å². The molecule has 2 heterocycles. The number of carbonyl (C=O) groups is 4. The van der Waals surface area contributed by atoms with E-state index in [1.165, 1.54) is 0 Å². The van der Waals surface area contributed by atoms with Crippen molar-refractivity contribution in [1.29, 1.82) is 0 Å². The Balaban J connectivity index is 0.000000634. The fraction of sp³-hybridized carbons (Fsp3) is 0.846. The van der Waals surface area contributed by atoms with Crippen LogP contribution in [0.2, 0.25) is 0 Å². The first-order chi connectivity index (χ1) is 18.9. The number of hydrogen-bond donors (Lipinski definition) is 6. The lowest BCUT2D eigenvalue weighted by atomic mass is 9.99. The molecule has 0 bridgehead atoms. The summed E-state index contributed by atoms with van der Waals surface area (Å²) in [5.41, 5.74) is 11.7. The predicted molar refractivity (Wildman–Crippen MR) is 151 cm³/mol. The molecule has 0 aromatic heterocycles. The van der Waals surface area contributed by atoms with E-state index < -0.39 is 11.9 Å². The van der Waals surface area contributed by atoms with Crippen LogP contribution in [0.3, 0.4) is 0 Å². The molecule has 0 spiro atoms. The van der Waals surface area contributed by atoms with Crippen LogP contribution in [0.5, 0.6) is 0 Å². The molecule has 2 aliphatic heterocycles. The lowest BCUT2D eigenvalue weighted by Gasteiger charge is -2.27. The Labute approximate surface area is 238 Å². The highest BCUT2D eigenvalue weighted by Gasteiger charge is 2.20. The molecule has 0 radical (unpaired) electrons. The number of morpholine rings is 2. The number of amides is 2. The Bertz CT molecular complexity index is 672. The van der Waals surface area contributed by atoms with E-state index in [-0.39, 0.29) is 35.7 Å². The maximum Gasteiger partial charge on any atom is 0.414 e. The average Bonchev–Trinajstić information content (AvgIpc) is 2.97. The quantitative estimate of drug-likeness (QED) is 0.151. The van der Waals surface area contributed by atoms with Gasteiger partial charge in [0.05, 0.1) is 38.5 Å². The van der Waals surface area contributed by atoms with Crippen LogP contribution in [0.25, 0.3) is 0 Å². The Morgan fingerprint density at radius 3 is 1.25 bits per heavy atom. The molecule has 2 rings (SSSR count). The number of carbonyl (C=O) groups excluding carboxylic acids is 2. The lowest BCUT2D eigenvalue weighted by Crippen LogP contribution is -2.47. The third kappa shape index (κ3) is 17.4. The summed E-state index contributed by atoms with van der Waals surface area (Å²) in [6.07, 6.45) is 1.86. The minimum atomic E-state index is -1.82. The number of rotatable bonds is 12. The number of ether oxygens (including phenoxy) is 2. The van der Waals surface area contributed by atoms with Crippen LogP contribution in [0.4, 0.5) is 0 Å². The van der Waals surface area contributed by atoms with E-state index in [1.807, 2.05) is 27.7 Å². The number of nitrogens with zero attached hydrogens (tertiary/aromatic N) is 2. The molecule has 40 heavy (non-hydrogen) atoms. The summed E-state index contributed by atoms with van der Waals surface area (Å²) >= 11 is 0. The highest BCUT2D eigenvalue weighted by Crippen LogP contribution is 2.05. The van der Waals surface area contributed by atoms with Crippen molar-refractivity contribution in [2.24, 2.45) is 23.3 Å². The number of aliphatic carboxylic acids is 2. The van der Waals surface area contributed by atoms with Crippen molar-refractivity contribution in [2.45, 2.75) is 52.6 Å².